The molecular weight excluding hydrogens is 246 g/mol. The Hall–Kier alpha value is -1.56. The number of rotatable bonds is 1. The zero-order valence-electron chi connectivity index (χ0n) is 11.9. The van der Waals surface area contributed by atoms with Gasteiger partial charge in [-0.2, -0.15) is 0 Å². The van der Waals surface area contributed by atoms with Crippen LogP contribution in [0.3, 0.4) is 0 Å². The predicted octanol–water partition coefficient (Wildman–Crippen LogP) is 1.86. The third-order valence-corrected chi connectivity index (χ3v) is 2.86. The molecule has 1 saturated heterocycles. The molecule has 19 heavy (non-hydrogen) atoms. The van der Waals surface area contributed by atoms with Gasteiger partial charge in [0.1, 0.15) is 17.1 Å². The number of ether oxygens (including phenoxy) is 1. The predicted molar refractivity (Wildman–Crippen MR) is 69.8 cm³/mol. The van der Waals surface area contributed by atoms with Crippen LogP contribution in [0.25, 0.3) is 0 Å². The summed E-state index contributed by atoms with van der Waals surface area (Å²) >= 11 is 0. The fourth-order valence-electron chi connectivity index (χ4n) is 2.05. The number of carbonyl (C=O) groups is 1. The van der Waals surface area contributed by atoms with Crippen LogP contribution in [0.15, 0.2) is 10.6 Å². The molecule has 0 aliphatic carbocycles. The van der Waals surface area contributed by atoms with Crippen LogP contribution in [0.1, 0.15) is 38.3 Å². The van der Waals surface area contributed by atoms with Gasteiger partial charge in [-0.15, -0.1) is 0 Å². The molecule has 1 aromatic heterocycles. The second-order valence-electron chi connectivity index (χ2n) is 5.76. The van der Waals surface area contributed by atoms with E-state index in [1.807, 2.05) is 33.8 Å². The van der Waals surface area contributed by atoms with Crippen LogP contribution in [-0.4, -0.2) is 41.4 Å². The lowest BCUT2D eigenvalue weighted by Crippen LogP contribution is -2.50. The zero-order valence-corrected chi connectivity index (χ0v) is 11.9. The van der Waals surface area contributed by atoms with E-state index in [0.717, 1.165) is 18.0 Å². The fourth-order valence-corrected chi connectivity index (χ4v) is 2.05. The maximum atomic E-state index is 12.2. The van der Waals surface area contributed by atoms with E-state index in [1.165, 1.54) is 0 Å². The van der Waals surface area contributed by atoms with Gasteiger partial charge in [0.05, 0.1) is 6.04 Å². The number of carbonyl (C=O) groups excluding carboxylic acids is 1. The molecule has 1 atom stereocenters. The molecule has 0 saturated carbocycles. The Balaban J connectivity index is 2.14. The average Bonchev–Trinajstić information content (AvgIpc) is 2.73. The van der Waals surface area contributed by atoms with Gasteiger partial charge in [-0.3, -0.25) is 4.90 Å². The minimum Gasteiger partial charge on any atom is -0.444 e. The van der Waals surface area contributed by atoms with Crippen molar-refractivity contribution in [2.75, 3.05) is 19.6 Å². The Bertz CT molecular complexity index is 450. The first-order valence-electron chi connectivity index (χ1n) is 6.50. The largest absolute Gasteiger partial charge is 0.444 e. The number of nitrogens with one attached hydrogen (secondary N) is 1. The zero-order chi connectivity index (χ0) is 14.0. The molecule has 6 heteroatoms. The molecule has 1 amide bonds. The quantitative estimate of drug-likeness (QED) is 0.841. The van der Waals surface area contributed by atoms with Gasteiger partial charge in [-0.1, -0.05) is 5.16 Å². The summed E-state index contributed by atoms with van der Waals surface area (Å²) in [6.07, 6.45) is -0.306. The van der Waals surface area contributed by atoms with Crippen molar-refractivity contribution < 1.29 is 14.1 Å². The molecule has 1 N–H and O–H groups in total. The third kappa shape index (κ3) is 3.47. The van der Waals surface area contributed by atoms with Gasteiger partial charge >= 0.3 is 6.09 Å². The molecule has 0 spiro atoms. The maximum absolute atomic E-state index is 12.2. The molecule has 1 fully saturated rings. The average molecular weight is 267 g/mol. The summed E-state index contributed by atoms with van der Waals surface area (Å²) in [5.74, 6) is 0.740. The van der Waals surface area contributed by atoms with Crippen molar-refractivity contribution in [2.45, 2.75) is 39.3 Å². The molecule has 106 valence electrons. The number of hydrogen-bond donors (Lipinski definition) is 1. The van der Waals surface area contributed by atoms with Crippen LogP contribution in [0, 0.1) is 6.92 Å². The Morgan fingerprint density at radius 1 is 1.58 bits per heavy atom. The van der Waals surface area contributed by atoms with Crippen LogP contribution in [0.4, 0.5) is 4.79 Å². The molecule has 2 rings (SSSR count). The minimum absolute atomic E-state index is 0.138. The van der Waals surface area contributed by atoms with Gasteiger partial charge in [0.25, 0.3) is 0 Å². The highest BCUT2D eigenvalue weighted by atomic mass is 16.6. The van der Waals surface area contributed by atoms with Crippen LogP contribution >= 0.6 is 0 Å². The second kappa shape index (κ2) is 5.21. The van der Waals surface area contributed by atoms with Gasteiger partial charge in [-0.05, 0) is 27.7 Å². The van der Waals surface area contributed by atoms with E-state index in [0.29, 0.717) is 13.1 Å². The maximum Gasteiger partial charge on any atom is 0.410 e. The minimum atomic E-state index is -0.494. The Kier molecular flexibility index (Phi) is 3.80. The second-order valence-corrected chi connectivity index (χ2v) is 5.76. The Morgan fingerprint density at radius 2 is 2.32 bits per heavy atom. The molecule has 6 nitrogen and oxygen atoms in total. The number of hydrogen-bond acceptors (Lipinski definition) is 5. The Labute approximate surface area is 113 Å². The summed E-state index contributed by atoms with van der Waals surface area (Å²) < 4.78 is 10.5. The van der Waals surface area contributed by atoms with Crippen LogP contribution in [0.5, 0.6) is 0 Å². The number of aromatic nitrogens is 1. The first kappa shape index (κ1) is 13.9. The smallest absolute Gasteiger partial charge is 0.410 e. The van der Waals surface area contributed by atoms with Crippen molar-refractivity contribution in [1.82, 2.24) is 15.4 Å². The number of piperazine rings is 1. The lowest BCUT2D eigenvalue weighted by Gasteiger charge is -2.36. The summed E-state index contributed by atoms with van der Waals surface area (Å²) in [6, 6.07) is 1.72. The summed E-state index contributed by atoms with van der Waals surface area (Å²) in [4.78, 5) is 13.9. The Morgan fingerprint density at radius 3 is 2.89 bits per heavy atom. The summed E-state index contributed by atoms with van der Waals surface area (Å²) in [7, 11) is 0. The summed E-state index contributed by atoms with van der Waals surface area (Å²) in [6.45, 7) is 9.45. The van der Waals surface area contributed by atoms with Crippen LogP contribution in [-0.2, 0) is 4.74 Å². The van der Waals surface area contributed by atoms with Gasteiger partial charge in [-0.25, -0.2) is 4.79 Å². The molecule has 0 aromatic carbocycles. The van der Waals surface area contributed by atoms with Crippen molar-refractivity contribution in [2.24, 2.45) is 0 Å². The van der Waals surface area contributed by atoms with Gasteiger partial charge < -0.3 is 14.6 Å². The monoisotopic (exact) mass is 267 g/mol. The van der Waals surface area contributed by atoms with Crippen molar-refractivity contribution in [1.29, 1.82) is 0 Å². The molecule has 0 radical (unpaired) electrons. The molecule has 1 unspecified atom stereocenters. The van der Waals surface area contributed by atoms with Crippen molar-refractivity contribution >= 4 is 6.09 Å². The number of aryl methyl sites for hydroxylation is 1. The highest BCUT2D eigenvalue weighted by Crippen LogP contribution is 2.24. The first-order chi connectivity index (χ1) is 8.87. The molecule has 1 aliphatic rings. The van der Waals surface area contributed by atoms with E-state index in [1.54, 1.807) is 4.90 Å². The van der Waals surface area contributed by atoms with Crippen LogP contribution < -0.4 is 5.32 Å². The van der Waals surface area contributed by atoms with Crippen LogP contribution in [0.2, 0.25) is 0 Å². The topological polar surface area (TPSA) is 67.6 Å². The molecular formula is C13H21N3O3. The van der Waals surface area contributed by atoms with Gasteiger partial charge in [0, 0.05) is 25.7 Å². The van der Waals surface area contributed by atoms with E-state index < -0.39 is 5.60 Å². The number of amides is 1. The first-order valence-corrected chi connectivity index (χ1v) is 6.50. The SMILES string of the molecule is Cc1cc(C2CNCCN2C(=O)OC(C)(C)C)no1. The number of nitrogens with zero attached hydrogens (tertiary/aromatic N) is 2. The van der Waals surface area contributed by atoms with Crippen molar-refractivity contribution in [3.8, 4) is 0 Å². The standard InChI is InChI=1S/C13H21N3O3/c1-9-7-10(15-19-9)11-8-14-5-6-16(11)12(17)18-13(2,3)4/h7,11,14H,5-6,8H2,1-4H3. The van der Waals surface area contributed by atoms with E-state index >= 15 is 0 Å². The molecule has 0 bridgehead atoms. The lowest BCUT2D eigenvalue weighted by molar-refractivity contribution is 0.0110. The van der Waals surface area contributed by atoms with E-state index in [2.05, 4.69) is 10.5 Å². The third-order valence-electron chi connectivity index (χ3n) is 2.86. The van der Waals surface area contributed by atoms with Crippen molar-refractivity contribution in [3.05, 3.63) is 17.5 Å². The van der Waals surface area contributed by atoms with E-state index in [-0.39, 0.29) is 12.1 Å². The lowest BCUT2D eigenvalue weighted by atomic mass is 10.1. The fraction of sp³-hybridized carbons (Fsp3) is 0.692. The molecule has 1 aliphatic heterocycles. The normalized spacial score (nSPS) is 20.4. The highest BCUT2D eigenvalue weighted by molar-refractivity contribution is 5.69. The summed E-state index contributed by atoms with van der Waals surface area (Å²) in [5, 5.41) is 7.26. The van der Waals surface area contributed by atoms with E-state index in [9.17, 15) is 4.79 Å². The van der Waals surface area contributed by atoms with Crippen molar-refractivity contribution in [3.63, 3.8) is 0 Å². The highest BCUT2D eigenvalue weighted by Gasteiger charge is 2.32. The molecule has 1 aromatic rings. The van der Waals surface area contributed by atoms with E-state index in [4.69, 9.17) is 9.26 Å². The van der Waals surface area contributed by atoms with Gasteiger partial charge in [0.2, 0.25) is 0 Å². The van der Waals surface area contributed by atoms with Gasteiger partial charge in [0.15, 0.2) is 0 Å². The summed E-state index contributed by atoms with van der Waals surface area (Å²) in [5.41, 5.74) is 0.266. The molecule has 2 heterocycles.